The summed E-state index contributed by atoms with van der Waals surface area (Å²) in [5, 5.41) is 0. The third kappa shape index (κ3) is 4.53. The van der Waals surface area contributed by atoms with Gasteiger partial charge in [0.05, 0.1) is 22.3 Å². The average molecular weight is 311 g/mol. The van der Waals surface area contributed by atoms with Crippen LogP contribution in [-0.2, 0) is 10.8 Å². The Balaban J connectivity index is 1.82. The lowest BCUT2D eigenvalue weighted by Crippen LogP contribution is -2.06. The van der Waals surface area contributed by atoms with Crippen LogP contribution in [0.4, 0.5) is 14.5 Å². The van der Waals surface area contributed by atoms with Gasteiger partial charge in [-0.3, -0.25) is 4.21 Å². The lowest BCUT2D eigenvalue weighted by molar-refractivity contribution is 0.318. The van der Waals surface area contributed by atoms with E-state index in [1.807, 2.05) is 0 Å². The lowest BCUT2D eigenvalue weighted by Gasteiger charge is -2.07. The zero-order valence-corrected chi connectivity index (χ0v) is 12.0. The van der Waals surface area contributed by atoms with Gasteiger partial charge in [-0.1, -0.05) is 6.07 Å². The maximum absolute atomic E-state index is 13.4. The van der Waals surface area contributed by atoms with Gasteiger partial charge in [0.2, 0.25) is 0 Å². The van der Waals surface area contributed by atoms with Crippen LogP contribution >= 0.6 is 0 Å². The van der Waals surface area contributed by atoms with Crippen LogP contribution in [0.25, 0.3) is 0 Å². The predicted molar refractivity (Wildman–Crippen MR) is 78.6 cm³/mol. The Kier molecular flexibility index (Phi) is 5.27. The molecule has 2 N–H and O–H groups in total. The molecule has 0 fully saturated rings. The molecule has 112 valence electrons. The summed E-state index contributed by atoms with van der Waals surface area (Å²) in [6.45, 7) is 0.345. The molecule has 0 saturated heterocycles. The molecular weight excluding hydrogens is 296 g/mol. The molecule has 2 rings (SSSR count). The van der Waals surface area contributed by atoms with Gasteiger partial charge in [-0.25, -0.2) is 8.78 Å². The van der Waals surface area contributed by atoms with Crippen molar-refractivity contribution in [3.63, 3.8) is 0 Å². The van der Waals surface area contributed by atoms with Crippen LogP contribution in [-0.4, -0.2) is 16.6 Å². The molecule has 21 heavy (non-hydrogen) atoms. The van der Waals surface area contributed by atoms with Crippen LogP contribution in [0.1, 0.15) is 6.42 Å². The first-order valence-corrected chi connectivity index (χ1v) is 7.70. The van der Waals surface area contributed by atoms with Gasteiger partial charge in [0.25, 0.3) is 0 Å². The van der Waals surface area contributed by atoms with E-state index in [1.54, 1.807) is 24.3 Å². The molecule has 0 radical (unpaired) electrons. The summed E-state index contributed by atoms with van der Waals surface area (Å²) >= 11 is 0. The van der Waals surface area contributed by atoms with Crippen LogP contribution in [0.5, 0.6) is 5.75 Å². The fourth-order valence-electron chi connectivity index (χ4n) is 1.75. The first kappa shape index (κ1) is 15.4. The number of ether oxygens (including phenoxy) is 1. The van der Waals surface area contributed by atoms with Gasteiger partial charge in [0.1, 0.15) is 17.4 Å². The number of rotatable bonds is 6. The molecule has 2 aromatic carbocycles. The van der Waals surface area contributed by atoms with Crippen molar-refractivity contribution in [1.29, 1.82) is 0 Å². The first-order valence-electron chi connectivity index (χ1n) is 6.38. The smallest absolute Gasteiger partial charge is 0.142 e. The van der Waals surface area contributed by atoms with Gasteiger partial charge in [-0.2, -0.15) is 0 Å². The van der Waals surface area contributed by atoms with E-state index in [0.717, 1.165) is 12.1 Å². The highest BCUT2D eigenvalue weighted by Gasteiger charge is 2.10. The van der Waals surface area contributed by atoms with E-state index >= 15 is 0 Å². The molecule has 0 aliphatic carbocycles. The molecule has 1 unspecified atom stereocenters. The van der Waals surface area contributed by atoms with Crippen LogP contribution in [0.2, 0.25) is 0 Å². The van der Waals surface area contributed by atoms with Crippen molar-refractivity contribution in [2.45, 2.75) is 11.3 Å². The Labute approximate surface area is 124 Å². The summed E-state index contributed by atoms with van der Waals surface area (Å²) in [4.78, 5) is 0.0142. The topological polar surface area (TPSA) is 52.3 Å². The normalized spacial score (nSPS) is 12.1. The van der Waals surface area contributed by atoms with E-state index in [-0.39, 0.29) is 10.6 Å². The minimum atomic E-state index is -1.51. The molecule has 0 aliphatic heterocycles. The third-order valence-electron chi connectivity index (χ3n) is 2.74. The van der Waals surface area contributed by atoms with Crippen molar-refractivity contribution in [3.8, 4) is 5.75 Å². The van der Waals surface area contributed by atoms with Gasteiger partial charge in [-0.05, 0) is 30.7 Å². The number of hydrogen-bond acceptors (Lipinski definition) is 3. The molecule has 6 heteroatoms. The maximum Gasteiger partial charge on any atom is 0.142 e. The molecule has 0 amide bonds. The maximum atomic E-state index is 13.4. The molecule has 0 spiro atoms. The Morgan fingerprint density at radius 1 is 1.14 bits per heavy atom. The number of benzene rings is 2. The van der Waals surface area contributed by atoms with Gasteiger partial charge in [0, 0.05) is 23.6 Å². The van der Waals surface area contributed by atoms with E-state index < -0.39 is 22.4 Å². The standard InChI is InChI=1S/C15H15F2NO2S/c16-11-5-6-15(14(17)9-11)21(19)8-2-7-20-13-4-1-3-12(18)10-13/h1,3-6,9-10H,2,7-8,18H2. The minimum Gasteiger partial charge on any atom is -0.493 e. The van der Waals surface area contributed by atoms with E-state index in [9.17, 15) is 13.0 Å². The van der Waals surface area contributed by atoms with Gasteiger partial charge < -0.3 is 10.5 Å². The van der Waals surface area contributed by atoms with Crippen LogP contribution in [0.3, 0.4) is 0 Å². The summed E-state index contributed by atoms with van der Waals surface area (Å²) in [6, 6.07) is 10.0. The summed E-state index contributed by atoms with van der Waals surface area (Å²) in [7, 11) is -1.51. The molecular formula is C15H15F2NO2S. The average Bonchev–Trinajstić information content (AvgIpc) is 2.43. The molecule has 3 nitrogen and oxygen atoms in total. The molecule has 0 bridgehead atoms. The van der Waals surface area contributed by atoms with Crippen LogP contribution in [0.15, 0.2) is 47.4 Å². The van der Waals surface area contributed by atoms with Crippen molar-refractivity contribution in [2.75, 3.05) is 18.1 Å². The molecule has 2 aromatic rings. The number of nitrogen functional groups attached to an aromatic ring is 1. The molecule has 1 atom stereocenters. The monoisotopic (exact) mass is 311 g/mol. The highest BCUT2D eigenvalue weighted by Crippen LogP contribution is 2.16. The van der Waals surface area contributed by atoms with Crippen molar-refractivity contribution < 1.29 is 17.7 Å². The molecule has 0 aromatic heterocycles. The van der Waals surface area contributed by atoms with Crippen molar-refractivity contribution >= 4 is 16.5 Å². The van der Waals surface area contributed by atoms with Crippen LogP contribution < -0.4 is 10.5 Å². The van der Waals surface area contributed by atoms with Gasteiger partial charge in [0.15, 0.2) is 0 Å². The zero-order chi connectivity index (χ0) is 15.2. The fourth-order valence-corrected chi connectivity index (χ4v) is 2.85. The Morgan fingerprint density at radius 2 is 1.95 bits per heavy atom. The molecule has 0 aliphatic rings. The molecule has 0 heterocycles. The number of nitrogens with two attached hydrogens (primary N) is 1. The van der Waals surface area contributed by atoms with E-state index in [2.05, 4.69) is 0 Å². The molecule has 0 saturated carbocycles. The zero-order valence-electron chi connectivity index (χ0n) is 11.2. The number of halogens is 2. The van der Waals surface area contributed by atoms with Crippen molar-refractivity contribution in [3.05, 3.63) is 54.1 Å². The van der Waals surface area contributed by atoms with E-state index in [0.29, 0.717) is 24.5 Å². The SMILES string of the molecule is Nc1cccc(OCCCS(=O)c2ccc(F)cc2F)c1. The summed E-state index contributed by atoms with van der Waals surface area (Å²) in [5.74, 6) is -0.595. The fraction of sp³-hybridized carbons (Fsp3) is 0.200. The second-order valence-electron chi connectivity index (χ2n) is 4.40. The third-order valence-corrected chi connectivity index (χ3v) is 4.22. The number of anilines is 1. The summed E-state index contributed by atoms with van der Waals surface area (Å²) in [5.41, 5.74) is 6.22. The van der Waals surface area contributed by atoms with E-state index in [4.69, 9.17) is 10.5 Å². The van der Waals surface area contributed by atoms with Gasteiger partial charge in [-0.15, -0.1) is 0 Å². The van der Waals surface area contributed by atoms with E-state index in [1.165, 1.54) is 6.07 Å². The van der Waals surface area contributed by atoms with Crippen molar-refractivity contribution in [1.82, 2.24) is 0 Å². The lowest BCUT2D eigenvalue weighted by atomic mass is 10.3. The second kappa shape index (κ2) is 7.17. The van der Waals surface area contributed by atoms with Crippen molar-refractivity contribution in [2.24, 2.45) is 0 Å². The summed E-state index contributed by atoms with van der Waals surface area (Å²) in [6.07, 6.45) is 0.484. The predicted octanol–water partition coefficient (Wildman–Crippen LogP) is 3.12. The quantitative estimate of drug-likeness (QED) is 0.659. The Morgan fingerprint density at radius 3 is 2.67 bits per heavy atom. The highest BCUT2D eigenvalue weighted by atomic mass is 32.2. The highest BCUT2D eigenvalue weighted by molar-refractivity contribution is 7.85. The number of hydrogen-bond donors (Lipinski definition) is 1. The minimum absolute atomic E-state index is 0.0142. The summed E-state index contributed by atoms with van der Waals surface area (Å²) < 4.78 is 43.6. The van der Waals surface area contributed by atoms with Crippen LogP contribution in [0, 0.1) is 11.6 Å². The largest absolute Gasteiger partial charge is 0.493 e. The first-order chi connectivity index (χ1) is 10.1. The second-order valence-corrected chi connectivity index (χ2v) is 5.94. The van der Waals surface area contributed by atoms with Gasteiger partial charge >= 0.3 is 0 Å². The Hall–Kier alpha value is -1.95. The Bertz CT molecular complexity index is 649.